The first-order valence-corrected chi connectivity index (χ1v) is 11.1. The van der Waals surface area contributed by atoms with E-state index < -0.39 is 0 Å². The van der Waals surface area contributed by atoms with Crippen molar-refractivity contribution in [3.63, 3.8) is 0 Å². The maximum atomic E-state index is 13.1. The Balaban J connectivity index is 1.26. The molecule has 1 saturated carbocycles. The largest absolute Gasteiger partial charge is 0.331 e. The molecule has 30 heavy (non-hydrogen) atoms. The summed E-state index contributed by atoms with van der Waals surface area (Å²) in [5, 5.41) is 0. The third-order valence-corrected chi connectivity index (χ3v) is 6.73. The van der Waals surface area contributed by atoms with Crippen molar-refractivity contribution in [1.29, 1.82) is 0 Å². The van der Waals surface area contributed by atoms with Gasteiger partial charge in [0.15, 0.2) is 0 Å². The van der Waals surface area contributed by atoms with Crippen LogP contribution in [-0.2, 0) is 4.79 Å². The van der Waals surface area contributed by atoms with Crippen LogP contribution in [0.5, 0.6) is 0 Å². The van der Waals surface area contributed by atoms with Gasteiger partial charge in [-0.3, -0.25) is 4.79 Å². The summed E-state index contributed by atoms with van der Waals surface area (Å²) in [6, 6.07) is 32.4. The van der Waals surface area contributed by atoms with Crippen LogP contribution in [0.4, 0.5) is 0 Å². The Labute approximate surface area is 178 Å². The number of nitrogens with one attached hydrogen (secondary N) is 1. The summed E-state index contributed by atoms with van der Waals surface area (Å²) in [5.74, 6) is 0.970. The van der Waals surface area contributed by atoms with Crippen molar-refractivity contribution in [3.8, 4) is 0 Å². The maximum Gasteiger partial charge on any atom is 0.226 e. The van der Waals surface area contributed by atoms with E-state index in [9.17, 15) is 4.79 Å². The fourth-order valence-electron chi connectivity index (χ4n) is 5.03. The number of carbonyl (C=O) groups is 1. The molecule has 1 aliphatic heterocycles. The molecule has 1 heterocycles. The SMILES string of the molecule is O=C([C@@H]1C[C@H]1c1ccccc1)N1CC[NH+](C(c2ccccc2)c2ccccc2)CC1. The highest BCUT2D eigenvalue weighted by atomic mass is 16.2. The predicted octanol–water partition coefficient (Wildman–Crippen LogP) is 3.31. The highest BCUT2D eigenvalue weighted by Gasteiger charge is 2.46. The molecule has 5 rings (SSSR count). The van der Waals surface area contributed by atoms with Crippen molar-refractivity contribution in [2.75, 3.05) is 26.2 Å². The Hall–Kier alpha value is -2.91. The van der Waals surface area contributed by atoms with E-state index in [0.29, 0.717) is 17.9 Å². The zero-order valence-corrected chi connectivity index (χ0v) is 17.3. The lowest BCUT2D eigenvalue weighted by Gasteiger charge is -2.37. The molecule has 3 aromatic rings. The van der Waals surface area contributed by atoms with Gasteiger partial charge in [0, 0.05) is 17.0 Å². The van der Waals surface area contributed by atoms with Crippen LogP contribution in [0.3, 0.4) is 0 Å². The van der Waals surface area contributed by atoms with Crippen LogP contribution in [-0.4, -0.2) is 37.0 Å². The molecule has 1 saturated heterocycles. The molecular formula is C27H29N2O+. The van der Waals surface area contributed by atoms with Gasteiger partial charge in [-0.1, -0.05) is 91.0 Å². The second-order valence-corrected chi connectivity index (χ2v) is 8.60. The number of quaternary nitrogens is 1. The van der Waals surface area contributed by atoms with Crippen LogP contribution in [0.2, 0.25) is 0 Å². The van der Waals surface area contributed by atoms with E-state index in [4.69, 9.17) is 0 Å². The molecule has 1 aliphatic carbocycles. The second-order valence-electron chi connectivity index (χ2n) is 8.60. The number of piperazine rings is 1. The zero-order chi connectivity index (χ0) is 20.3. The van der Waals surface area contributed by atoms with Gasteiger partial charge in [-0.2, -0.15) is 0 Å². The van der Waals surface area contributed by atoms with Crippen LogP contribution in [0, 0.1) is 5.92 Å². The van der Waals surface area contributed by atoms with Crippen molar-refractivity contribution in [3.05, 3.63) is 108 Å². The number of rotatable bonds is 5. The number of hydrogen-bond acceptors (Lipinski definition) is 1. The van der Waals surface area contributed by atoms with Crippen LogP contribution >= 0.6 is 0 Å². The molecule has 0 unspecified atom stereocenters. The number of amides is 1. The van der Waals surface area contributed by atoms with Crippen LogP contribution in [0.1, 0.15) is 35.1 Å². The standard InChI is InChI=1S/C27H28N2O/c30-27(25-20-24(25)21-10-4-1-5-11-21)29-18-16-28(17-19-29)26(22-12-6-2-7-13-22)23-14-8-3-9-15-23/h1-15,24-26H,16-20H2/p+1/t24-,25+/m0/s1. The van der Waals surface area contributed by atoms with Crippen molar-refractivity contribution in [1.82, 2.24) is 4.90 Å². The van der Waals surface area contributed by atoms with Gasteiger partial charge < -0.3 is 9.80 Å². The van der Waals surface area contributed by atoms with Gasteiger partial charge >= 0.3 is 0 Å². The van der Waals surface area contributed by atoms with Gasteiger partial charge in [-0.25, -0.2) is 0 Å². The molecular weight excluding hydrogens is 368 g/mol. The van der Waals surface area contributed by atoms with E-state index >= 15 is 0 Å². The molecule has 2 fully saturated rings. The summed E-state index contributed by atoms with van der Waals surface area (Å²) in [7, 11) is 0. The van der Waals surface area contributed by atoms with Crippen molar-refractivity contribution in [2.45, 2.75) is 18.4 Å². The summed E-state index contributed by atoms with van der Waals surface area (Å²) >= 11 is 0. The van der Waals surface area contributed by atoms with E-state index in [1.54, 1.807) is 4.90 Å². The molecule has 1 amide bonds. The van der Waals surface area contributed by atoms with Crippen LogP contribution in [0.25, 0.3) is 0 Å². The Morgan fingerprint density at radius 2 is 1.27 bits per heavy atom. The highest BCUT2D eigenvalue weighted by molar-refractivity contribution is 5.83. The van der Waals surface area contributed by atoms with E-state index in [2.05, 4.69) is 89.8 Å². The first kappa shape index (κ1) is 19.1. The van der Waals surface area contributed by atoms with Gasteiger partial charge in [0.2, 0.25) is 5.91 Å². The van der Waals surface area contributed by atoms with Crippen molar-refractivity contribution < 1.29 is 9.69 Å². The molecule has 2 atom stereocenters. The number of hydrogen-bond donors (Lipinski definition) is 1. The summed E-state index contributed by atoms with van der Waals surface area (Å²) in [6.45, 7) is 3.68. The topological polar surface area (TPSA) is 24.8 Å². The van der Waals surface area contributed by atoms with Gasteiger partial charge in [0.1, 0.15) is 6.04 Å². The molecule has 1 N–H and O–H groups in total. The minimum atomic E-state index is 0.188. The summed E-state index contributed by atoms with van der Waals surface area (Å²) < 4.78 is 0. The predicted molar refractivity (Wildman–Crippen MR) is 119 cm³/mol. The smallest absolute Gasteiger partial charge is 0.226 e. The Morgan fingerprint density at radius 1 is 0.767 bits per heavy atom. The first-order valence-electron chi connectivity index (χ1n) is 11.1. The van der Waals surface area contributed by atoms with Gasteiger partial charge in [0.05, 0.1) is 26.2 Å². The molecule has 3 nitrogen and oxygen atoms in total. The van der Waals surface area contributed by atoms with E-state index in [1.807, 2.05) is 6.07 Å². The Bertz CT molecular complexity index is 926. The highest BCUT2D eigenvalue weighted by Crippen LogP contribution is 2.48. The molecule has 0 spiro atoms. The lowest BCUT2D eigenvalue weighted by molar-refractivity contribution is -0.929. The van der Waals surface area contributed by atoms with Crippen LogP contribution < -0.4 is 4.90 Å². The second kappa shape index (κ2) is 8.45. The number of benzene rings is 3. The van der Waals surface area contributed by atoms with Crippen molar-refractivity contribution in [2.24, 2.45) is 5.92 Å². The molecule has 2 aliphatic rings. The zero-order valence-electron chi connectivity index (χ0n) is 17.3. The monoisotopic (exact) mass is 397 g/mol. The fraction of sp³-hybridized carbons (Fsp3) is 0.296. The van der Waals surface area contributed by atoms with Crippen LogP contribution in [0.15, 0.2) is 91.0 Å². The third-order valence-electron chi connectivity index (χ3n) is 6.73. The van der Waals surface area contributed by atoms with Gasteiger partial charge in [-0.05, 0) is 17.9 Å². The average Bonchev–Trinajstić information content (AvgIpc) is 3.62. The quantitative estimate of drug-likeness (QED) is 0.702. The normalized spacial score (nSPS) is 21.6. The maximum absolute atomic E-state index is 13.1. The third kappa shape index (κ3) is 3.90. The minimum Gasteiger partial charge on any atom is -0.331 e. The molecule has 3 aromatic carbocycles. The Morgan fingerprint density at radius 3 is 1.80 bits per heavy atom. The number of nitrogens with zero attached hydrogens (tertiary/aromatic N) is 1. The Kier molecular flexibility index (Phi) is 5.37. The van der Waals surface area contributed by atoms with Gasteiger partial charge in [-0.15, -0.1) is 0 Å². The molecule has 3 heteroatoms. The molecule has 0 bridgehead atoms. The van der Waals surface area contributed by atoms with E-state index in [-0.39, 0.29) is 5.92 Å². The van der Waals surface area contributed by atoms with Crippen molar-refractivity contribution >= 4 is 5.91 Å². The molecule has 152 valence electrons. The summed E-state index contributed by atoms with van der Waals surface area (Å²) in [4.78, 5) is 16.7. The molecule has 0 aromatic heterocycles. The van der Waals surface area contributed by atoms with E-state index in [1.165, 1.54) is 16.7 Å². The summed E-state index contributed by atoms with van der Waals surface area (Å²) in [6.07, 6.45) is 1.01. The average molecular weight is 398 g/mol. The fourth-order valence-corrected chi connectivity index (χ4v) is 5.03. The van der Waals surface area contributed by atoms with Gasteiger partial charge in [0.25, 0.3) is 0 Å². The minimum absolute atomic E-state index is 0.188. The number of carbonyl (C=O) groups excluding carboxylic acids is 1. The first-order chi connectivity index (χ1) is 14.8. The summed E-state index contributed by atoms with van der Waals surface area (Å²) in [5.41, 5.74) is 4.02. The van der Waals surface area contributed by atoms with E-state index in [0.717, 1.165) is 32.6 Å². The lowest BCUT2D eigenvalue weighted by atomic mass is 9.96. The lowest BCUT2D eigenvalue weighted by Crippen LogP contribution is -3.15. The molecule has 0 radical (unpaired) electrons.